The summed E-state index contributed by atoms with van der Waals surface area (Å²) < 4.78 is 23.2. The zero-order valence-corrected chi connectivity index (χ0v) is 16.1. The van der Waals surface area contributed by atoms with Crippen molar-refractivity contribution in [1.29, 1.82) is 0 Å². The number of hydrogen-bond donors (Lipinski definition) is 3. The molecule has 0 spiro atoms. The van der Waals surface area contributed by atoms with Crippen molar-refractivity contribution >= 4 is 38.4 Å². The molecule has 146 valence electrons. The molecule has 3 heterocycles. The molecule has 0 aliphatic rings. The number of hydrogen-bond acceptors (Lipinski definition) is 7. The first-order valence-electron chi connectivity index (χ1n) is 8.50. The monoisotopic (exact) mass is 408 g/mol. The Labute approximate surface area is 166 Å². The summed E-state index contributed by atoms with van der Waals surface area (Å²) in [5, 5.41) is 3.58. The first-order valence-corrected chi connectivity index (χ1v) is 10.4. The minimum absolute atomic E-state index is 0.0278. The SMILES string of the molecule is CS(=O)(=O)c1ccc(-c2cnc(N)c(C(=O)Nc3ccc4cc[nH]c4n3)n2)cc1. The summed E-state index contributed by atoms with van der Waals surface area (Å²) in [5.74, 6) is -0.239. The summed E-state index contributed by atoms with van der Waals surface area (Å²) in [6.45, 7) is 0. The summed E-state index contributed by atoms with van der Waals surface area (Å²) in [7, 11) is -3.31. The van der Waals surface area contributed by atoms with Crippen LogP contribution in [0.3, 0.4) is 0 Å². The molecule has 1 aromatic carbocycles. The van der Waals surface area contributed by atoms with E-state index in [0.717, 1.165) is 11.6 Å². The van der Waals surface area contributed by atoms with Crippen LogP contribution in [0.1, 0.15) is 10.5 Å². The van der Waals surface area contributed by atoms with Crippen LogP contribution in [0.4, 0.5) is 11.6 Å². The summed E-state index contributed by atoms with van der Waals surface area (Å²) in [6, 6.07) is 11.5. The predicted octanol–water partition coefficient (Wildman–Crippen LogP) is 2.26. The maximum Gasteiger partial charge on any atom is 0.279 e. The average molecular weight is 408 g/mol. The summed E-state index contributed by atoms with van der Waals surface area (Å²) in [6.07, 6.45) is 4.31. The Morgan fingerprint density at radius 3 is 2.55 bits per heavy atom. The molecule has 3 aromatic heterocycles. The number of carbonyl (C=O) groups excluding carboxylic acids is 1. The Bertz CT molecular complexity index is 1330. The van der Waals surface area contributed by atoms with Gasteiger partial charge in [-0.3, -0.25) is 4.79 Å². The van der Waals surface area contributed by atoms with Gasteiger partial charge in [0.25, 0.3) is 5.91 Å². The fourth-order valence-electron chi connectivity index (χ4n) is 2.75. The lowest BCUT2D eigenvalue weighted by Gasteiger charge is -2.08. The van der Waals surface area contributed by atoms with Gasteiger partial charge in [-0.05, 0) is 30.3 Å². The Kier molecular flexibility index (Phi) is 4.47. The van der Waals surface area contributed by atoms with Crippen molar-refractivity contribution < 1.29 is 13.2 Å². The van der Waals surface area contributed by atoms with Crippen LogP contribution >= 0.6 is 0 Å². The van der Waals surface area contributed by atoms with Gasteiger partial charge in [-0.25, -0.2) is 23.4 Å². The van der Waals surface area contributed by atoms with Gasteiger partial charge in [0.05, 0.1) is 16.8 Å². The molecular weight excluding hydrogens is 392 g/mol. The van der Waals surface area contributed by atoms with Crippen LogP contribution in [0, 0.1) is 0 Å². The highest BCUT2D eigenvalue weighted by Crippen LogP contribution is 2.21. The number of aromatic amines is 1. The van der Waals surface area contributed by atoms with Gasteiger partial charge >= 0.3 is 0 Å². The fraction of sp³-hybridized carbons (Fsp3) is 0.0526. The maximum atomic E-state index is 12.7. The van der Waals surface area contributed by atoms with E-state index in [4.69, 9.17) is 5.73 Å². The van der Waals surface area contributed by atoms with E-state index in [1.54, 1.807) is 24.4 Å². The Morgan fingerprint density at radius 2 is 1.83 bits per heavy atom. The van der Waals surface area contributed by atoms with E-state index in [1.165, 1.54) is 18.3 Å². The van der Waals surface area contributed by atoms with E-state index >= 15 is 0 Å². The van der Waals surface area contributed by atoms with Crippen LogP contribution in [-0.2, 0) is 9.84 Å². The van der Waals surface area contributed by atoms with Crippen molar-refractivity contribution in [1.82, 2.24) is 19.9 Å². The molecule has 1 amide bonds. The third-order valence-electron chi connectivity index (χ3n) is 4.25. The summed E-state index contributed by atoms with van der Waals surface area (Å²) >= 11 is 0. The lowest BCUT2D eigenvalue weighted by molar-refractivity contribution is 0.102. The smallest absolute Gasteiger partial charge is 0.279 e. The summed E-state index contributed by atoms with van der Waals surface area (Å²) in [5.41, 5.74) is 7.41. The third kappa shape index (κ3) is 3.78. The van der Waals surface area contributed by atoms with E-state index in [2.05, 4.69) is 25.3 Å². The average Bonchev–Trinajstić information content (AvgIpc) is 3.15. The fourth-order valence-corrected chi connectivity index (χ4v) is 3.38. The van der Waals surface area contributed by atoms with Gasteiger partial charge in [-0.15, -0.1) is 0 Å². The van der Waals surface area contributed by atoms with E-state index in [0.29, 0.717) is 22.7 Å². The minimum Gasteiger partial charge on any atom is -0.382 e. The molecule has 4 rings (SSSR count). The highest BCUT2D eigenvalue weighted by Gasteiger charge is 2.16. The molecule has 9 nitrogen and oxygen atoms in total. The number of fused-ring (bicyclic) bond motifs is 1. The number of amides is 1. The first-order chi connectivity index (χ1) is 13.8. The second-order valence-electron chi connectivity index (χ2n) is 6.35. The van der Waals surface area contributed by atoms with Crippen LogP contribution in [0.5, 0.6) is 0 Å². The molecule has 10 heteroatoms. The normalized spacial score (nSPS) is 11.5. The zero-order chi connectivity index (χ0) is 20.6. The highest BCUT2D eigenvalue weighted by atomic mass is 32.2. The number of nitrogens with zero attached hydrogens (tertiary/aromatic N) is 3. The molecule has 0 unspecified atom stereocenters. The number of nitrogens with one attached hydrogen (secondary N) is 2. The second-order valence-corrected chi connectivity index (χ2v) is 8.37. The van der Waals surface area contributed by atoms with Gasteiger partial charge in [-0.1, -0.05) is 12.1 Å². The van der Waals surface area contributed by atoms with Crippen LogP contribution < -0.4 is 11.1 Å². The van der Waals surface area contributed by atoms with Crippen LogP contribution in [-0.4, -0.2) is 40.5 Å². The molecule has 0 aliphatic carbocycles. The van der Waals surface area contributed by atoms with E-state index < -0.39 is 15.7 Å². The van der Waals surface area contributed by atoms with Crippen LogP contribution in [0.2, 0.25) is 0 Å². The third-order valence-corrected chi connectivity index (χ3v) is 5.37. The number of benzene rings is 1. The number of carbonyl (C=O) groups is 1. The molecule has 29 heavy (non-hydrogen) atoms. The van der Waals surface area contributed by atoms with Gasteiger partial charge in [0, 0.05) is 23.4 Å². The second kappa shape index (κ2) is 6.99. The predicted molar refractivity (Wildman–Crippen MR) is 109 cm³/mol. The van der Waals surface area contributed by atoms with Crippen molar-refractivity contribution in [3.63, 3.8) is 0 Å². The Balaban J connectivity index is 1.63. The lowest BCUT2D eigenvalue weighted by Crippen LogP contribution is -2.18. The van der Waals surface area contributed by atoms with Gasteiger partial charge in [0.1, 0.15) is 11.5 Å². The summed E-state index contributed by atoms with van der Waals surface area (Å²) in [4.78, 5) is 28.5. The number of nitrogen functional groups attached to an aromatic ring is 1. The van der Waals surface area contributed by atoms with Crippen molar-refractivity contribution in [3.05, 3.63) is 60.6 Å². The largest absolute Gasteiger partial charge is 0.382 e. The number of sulfone groups is 1. The highest BCUT2D eigenvalue weighted by molar-refractivity contribution is 7.90. The van der Waals surface area contributed by atoms with Gasteiger partial charge < -0.3 is 16.0 Å². The molecule has 0 aliphatic heterocycles. The molecule has 0 atom stereocenters. The molecular formula is C19H16N6O3S. The number of H-pyrrole nitrogens is 1. The van der Waals surface area contributed by atoms with Crippen molar-refractivity contribution in [3.8, 4) is 11.3 Å². The molecule has 4 aromatic rings. The maximum absolute atomic E-state index is 12.7. The van der Waals surface area contributed by atoms with Crippen LogP contribution in [0.15, 0.2) is 59.8 Å². The van der Waals surface area contributed by atoms with Gasteiger partial charge in [0.15, 0.2) is 21.3 Å². The molecule has 4 N–H and O–H groups in total. The number of aromatic nitrogens is 4. The van der Waals surface area contributed by atoms with Gasteiger partial charge in [0.2, 0.25) is 0 Å². The number of nitrogens with two attached hydrogens (primary N) is 1. The van der Waals surface area contributed by atoms with E-state index in [-0.39, 0.29) is 16.4 Å². The quantitative estimate of drug-likeness (QED) is 0.470. The first kappa shape index (κ1) is 18.6. The zero-order valence-electron chi connectivity index (χ0n) is 15.2. The Hall–Kier alpha value is -3.79. The van der Waals surface area contributed by atoms with Gasteiger partial charge in [-0.2, -0.15) is 0 Å². The molecule has 0 saturated heterocycles. The van der Waals surface area contributed by atoms with E-state index in [9.17, 15) is 13.2 Å². The molecule has 0 saturated carbocycles. The molecule has 0 fully saturated rings. The van der Waals surface area contributed by atoms with Crippen molar-refractivity contribution in [2.24, 2.45) is 0 Å². The van der Waals surface area contributed by atoms with Crippen LogP contribution in [0.25, 0.3) is 22.3 Å². The number of rotatable bonds is 4. The molecule has 0 radical (unpaired) electrons. The number of anilines is 2. The minimum atomic E-state index is -3.31. The van der Waals surface area contributed by atoms with E-state index in [1.807, 2.05) is 12.1 Å². The lowest BCUT2D eigenvalue weighted by atomic mass is 10.1. The standard InChI is InChI=1S/C19H16N6O3S/c1-29(27,28)13-5-2-11(3-6-13)14-10-22-17(20)16(23-14)19(26)25-15-7-4-12-8-9-21-18(12)24-15/h2-10H,1H3,(H2,20,22)(H2,21,24,25,26). The van der Waals surface area contributed by atoms with Crippen molar-refractivity contribution in [2.75, 3.05) is 17.3 Å². The molecule has 0 bridgehead atoms. The Morgan fingerprint density at radius 1 is 1.07 bits per heavy atom. The van der Waals surface area contributed by atoms with Crippen molar-refractivity contribution in [2.45, 2.75) is 4.90 Å². The topological polar surface area (TPSA) is 144 Å². The number of pyridine rings is 1.